The van der Waals surface area contributed by atoms with Crippen LogP contribution < -0.4 is 5.32 Å². The lowest BCUT2D eigenvalue weighted by molar-refractivity contribution is -0.131. The Labute approximate surface area is 117 Å². The minimum Gasteiger partial charge on any atom is -0.380 e. The van der Waals surface area contributed by atoms with Crippen LogP contribution in [0.2, 0.25) is 0 Å². The molecule has 19 heavy (non-hydrogen) atoms. The molecule has 1 N–H and O–H groups in total. The second-order valence-electron chi connectivity index (χ2n) is 5.77. The molecule has 0 bridgehead atoms. The van der Waals surface area contributed by atoms with Crippen LogP contribution in [-0.4, -0.2) is 42.8 Å². The molecule has 0 aliphatic carbocycles. The predicted molar refractivity (Wildman–Crippen MR) is 77.9 cm³/mol. The van der Waals surface area contributed by atoms with E-state index in [-0.39, 0.29) is 18.1 Å². The zero-order valence-corrected chi connectivity index (χ0v) is 12.9. The van der Waals surface area contributed by atoms with Crippen molar-refractivity contribution in [1.29, 1.82) is 0 Å². The summed E-state index contributed by atoms with van der Waals surface area (Å²) in [6.07, 6.45) is 4.31. The van der Waals surface area contributed by atoms with Gasteiger partial charge in [-0.05, 0) is 25.2 Å². The summed E-state index contributed by atoms with van der Waals surface area (Å²) < 4.78 is 5.57. The van der Waals surface area contributed by atoms with Gasteiger partial charge >= 0.3 is 0 Å². The standard InChI is InChI=1S/C15H30N2O2/c1-5-7-9-19-10-8-17-14(6-2)16-13(15(17)18)11-12(3)4/h12-14,16H,5-11H2,1-4H3. The fourth-order valence-electron chi connectivity index (χ4n) is 2.50. The van der Waals surface area contributed by atoms with Crippen LogP contribution in [0, 0.1) is 5.92 Å². The highest BCUT2D eigenvalue weighted by molar-refractivity contribution is 5.84. The third-order valence-electron chi connectivity index (χ3n) is 3.56. The lowest BCUT2D eigenvalue weighted by Crippen LogP contribution is -2.39. The number of carbonyl (C=O) groups excluding carboxylic acids is 1. The molecule has 0 aromatic heterocycles. The molecule has 112 valence electrons. The third kappa shape index (κ3) is 5.11. The van der Waals surface area contributed by atoms with Crippen molar-refractivity contribution in [1.82, 2.24) is 10.2 Å². The van der Waals surface area contributed by atoms with E-state index < -0.39 is 0 Å². The number of nitrogens with one attached hydrogen (secondary N) is 1. The molecule has 4 heteroatoms. The van der Waals surface area contributed by atoms with E-state index in [1.165, 1.54) is 0 Å². The largest absolute Gasteiger partial charge is 0.380 e. The van der Waals surface area contributed by atoms with Crippen molar-refractivity contribution in [3.8, 4) is 0 Å². The van der Waals surface area contributed by atoms with Crippen LogP contribution >= 0.6 is 0 Å². The van der Waals surface area contributed by atoms with Crippen LogP contribution in [0.3, 0.4) is 0 Å². The van der Waals surface area contributed by atoms with Gasteiger partial charge < -0.3 is 9.64 Å². The Kier molecular flexibility index (Phi) is 7.39. The van der Waals surface area contributed by atoms with Gasteiger partial charge in [-0.25, -0.2) is 0 Å². The number of hydrogen-bond donors (Lipinski definition) is 1. The van der Waals surface area contributed by atoms with Crippen LogP contribution in [0.25, 0.3) is 0 Å². The lowest BCUT2D eigenvalue weighted by atomic mass is 10.0. The Balaban J connectivity index is 2.39. The third-order valence-corrected chi connectivity index (χ3v) is 3.56. The van der Waals surface area contributed by atoms with Gasteiger partial charge in [0.05, 0.1) is 18.8 Å². The Bertz CT molecular complexity index is 269. The SMILES string of the molecule is CCCCOCCN1C(=O)C(CC(C)C)NC1CC. The van der Waals surface area contributed by atoms with Crippen molar-refractivity contribution in [2.24, 2.45) is 5.92 Å². The number of hydrogen-bond acceptors (Lipinski definition) is 3. The molecule has 2 atom stereocenters. The van der Waals surface area contributed by atoms with Gasteiger partial charge in [0.2, 0.25) is 5.91 Å². The maximum atomic E-state index is 12.3. The second kappa shape index (κ2) is 8.54. The predicted octanol–water partition coefficient (Wildman–Crippen LogP) is 2.39. The molecule has 4 nitrogen and oxygen atoms in total. The van der Waals surface area contributed by atoms with Gasteiger partial charge in [-0.1, -0.05) is 34.1 Å². The molecule has 1 amide bonds. The molecule has 1 rings (SSSR count). The molecular weight excluding hydrogens is 240 g/mol. The van der Waals surface area contributed by atoms with E-state index in [9.17, 15) is 4.79 Å². The van der Waals surface area contributed by atoms with Crippen LogP contribution in [0.5, 0.6) is 0 Å². The van der Waals surface area contributed by atoms with Crippen molar-refractivity contribution in [3.05, 3.63) is 0 Å². The molecule has 1 fully saturated rings. The van der Waals surface area contributed by atoms with Crippen LogP contribution in [-0.2, 0) is 9.53 Å². The maximum Gasteiger partial charge on any atom is 0.241 e. The summed E-state index contributed by atoms with van der Waals surface area (Å²) in [5.41, 5.74) is 0. The zero-order chi connectivity index (χ0) is 14.3. The van der Waals surface area contributed by atoms with Gasteiger partial charge in [0.15, 0.2) is 0 Å². The van der Waals surface area contributed by atoms with Crippen molar-refractivity contribution in [2.75, 3.05) is 19.8 Å². The second-order valence-corrected chi connectivity index (χ2v) is 5.77. The quantitative estimate of drug-likeness (QED) is 0.654. The molecular formula is C15H30N2O2. The molecule has 2 unspecified atom stereocenters. The van der Waals surface area contributed by atoms with E-state index >= 15 is 0 Å². The molecule has 0 spiro atoms. The van der Waals surface area contributed by atoms with Gasteiger partial charge in [-0.15, -0.1) is 0 Å². The van der Waals surface area contributed by atoms with Crippen molar-refractivity contribution in [2.45, 2.75) is 65.6 Å². The minimum atomic E-state index is 0.000548. The molecule has 0 aromatic carbocycles. The zero-order valence-electron chi connectivity index (χ0n) is 12.9. The summed E-state index contributed by atoms with van der Waals surface area (Å²) >= 11 is 0. The van der Waals surface area contributed by atoms with E-state index in [1.807, 2.05) is 4.90 Å². The van der Waals surface area contributed by atoms with Crippen molar-refractivity contribution >= 4 is 5.91 Å². The monoisotopic (exact) mass is 270 g/mol. The average Bonchev–Trinajstić information content (AvgIpc) is 2.66. The van der Waals surface area contributed by atoms with E-state index in [0.29, 0.717) is 19.1 Å². The summed E-state index contributed by atoms with van der Waals surface area (Å²) in [5.74, 6) is 0.791. The topological polar surface area (TPSA) is 41.6 Å². The highest BCUT2D eigenvalue weighted by Crippen LogP contribution is 2.18. The summed E-state index contributed by atoms with van der Waals surface area (Å²) in [7, 11) is 0. The van der Waals surface area contributed by atoms with E-state index in [0.717, 1.165) is 32.3 Å². The molecule has 0 saturated carbocycles. The normalized spacial score (nSPS) is 23.6. The number of unbranched alkanes of at least 4 members (excludes halogenated alkanes) is 1. The Morgan fingerprint density at radius 3 is 2.63 bits per heavy atom. The Hall–Kier alpha value is -0.610. The van der Waals surface area contributed by atoms with Gasteiger partial charge in [-0.3, -0.25) is 10.1 Å². The smallest absolute Gasteiger partial charge is 0.241 e. The molecule has 1 aliphatic rings. The number of rotatable bonds is 9. The average molecular weight is 270 g/mol. The Morgan fingerprint density at radius 1 is 1.32 bits per heavy atom. The highest BCUT2D eigenvalue weighted by atomic mass is 16.5. The van der Waals surface area contributed by atoms with Gasteiger partial charge in [0, 0.05) is 13.2 Å². The minimum absolute atomic E-state index is 0.000548. The maximum absolute atomic E-state index is 12.3. The fraction of sp³-hybridized carbons (Fsp3) is 0.933. The van der Waals surface area contributed by atoms with Crippen molar-refractivity contribution in [3.63, 3.8) is 0 Å². The van der Waals surface area contributed by atoms with Gasteiger partial charge in [0.1, 0.15) is 0 Å². The summed E-state index contributed by atoms with van der Waals surface area (Å²) in [6.45, 7) is 10.8. The van der Waals surface area contributed by atoms with Crippen LogP contribution in [0.1, 0.15) is 53.4 Å². The van der Waals surface area contributed by atoms with E-state index in [1.54, 1.807) is 0 Å². The van der Waals surface area contributed by atoms with Crippen LogP contribution in [0.15, 0.2) is 0 Å². The van der Waals surface area contributed by atoms with E-state index in [2.05, 4.69) is 33.0 Å². The summed E-state index contributed by atoms with van der Waals surface area (Å²) in [6, 6.07) is 0.000548. The molecule has 1 aliphatic heterocycles. The van der Waals surface area contributed by atoms with Gasteiger partial charge in [-0.2, -0.15) is 0 Å². The first-order chi connectivity index (χ1) is 9.10. The molecule has 1 heterocycles. The highest BCUT2D eigenvalue weighted by Gasteiger charge is 2.37. The molecule has 0 aromatic rings. The van der Waals surface area contributed by atoms with Gasteiger partial charge in [0.25, 0.3) is 0 Å². The fourth-order valence-corrected chi connectivity index (χ4v) is 2.50. The first kappa shape index (κ1) is 16.4. The first-order valence-corrected chi connectivity index (χ1v) is 7.74. The summed E-state index contributed by atoms with van der Waals surface area (Å²) in [4.78, 5) is 14.3. The number of amides is 1. The van der Waals surface area contributed by atoms with Crippen LogP contribution in [0.4, 0.5) is 0 Å². The van der Waals surface area contributed by atoms with E-state index in [4.69, 9.17) is 4.74 Å². The summed E-state index contributed by atoms with van der Waals surface area (Å²) in [5, 5.41) is 3.44. The number of carbonyl (C=O) groups is 1. The Morgan fingerprint density at radius 2 is 2.05 bits per heavy atom. The molecule has 0 radical (unpaired) electrons. The number of ether oxygens (including phenoxy) is 1. The van der Waals surface area contributed by atoms with Crippen molar-refractivity contribution < 1.29 is 9.53 Å². The molecule has 1 saturated heterocycles. The number of nitrogens with zero attached hydrogens (tertiary/aromatic N) is 1. The first-order valence-electron chi connectivity index (χ1n) is 7.74. The lowest BCUT2D eigenvalue weighted by Gasteiger charge is -2.22.